The number of hydrogen-bond acceptors (Lipinski definition) is 34. The van der Waals surface area contributed by atoms with Crippen LogP contribution in [0.1, 0.15) is 103 Å². The number of hydrogen-bond donors (Lipinski definition) is 16. The molecule has 0 amide bonds. The van der Waals surface area contributed by atoms with Crippen LogP contribution in [0, 0.1) is 4.77 Å². The summed E-state index contributed by atoms with van der Waals surface area (Å²) < 4.78 is 39.3. The minimum absolute atomic E-state index is 0.345. The number of aromatic nitrogens is 15. The van der Waals surface area contributed by atoms with E-state index >= 15 is 0 Å². The zero-order chi connectivity index (χ0) is 95.3. The Labute approximate surface area is 782 Å². The number of fused-ring (bicyclic) bond motifs is 5. The third-order valence-electron chi connectivity index (χ3n) is 22.6. The summed E-state index contributed by atoms with van der Waals surface area (Å²) in [6, 6.07) is 8.47. The average molecular weight is 1990 g/mol. The van der Waals surface area contributed by atoms with Gasteiger partial charge in [-0.1, -0.05) is 74.2 Å². The van der Waals surface area contributed by atoms with Gasteiger partial charge in [-0.15, -0.1) is 65.9 Å². The van der Waals surface area contributed by atoms with Crippen LogP contribution in [0.25, 0.3) is 55.8 Å². The lowest BCUT2D eigenvalue weighted by atomic mass is 10.1. The first-order valence-corrected chi connectivity index (χ1v) is 63.2. The zero-order valence-electron chi connectivity index (χ0n) is 76.6. The van der Waals surface area contributed by atoms with Crippen LogP contribution in [0.2, 0.25) is 0 Å². The van der Waals surface area contributed by atoms with E-state index in [1.165, 1.54) is 23.5 Å². The number of nitrogens with two attached hydrogens (primary N) is 5. The lowest BCUT2D eigenvalue weighted by Gasteiger charge is -2.19. The van der Waals surface area contributed by atoms with Gasteiger partial charge in [0.1, 0.15) is 88.6 Å². The second-order valence-corrected chi connectivity index (χ2v) is 63.0. The summed E-state index contributed by atoms with van der Waals surface area (Å²) in [6.07, 6.45) is 25.7. The van der Waals surface area contributed by atoms with E-state index in [1.54, 1.807) is 108 Å². The third kappa shape index (κ3) is 25.1. The molecule has 5 unspecified atom stereocenters. The van der Waals surface area contributed by atoms with Gasteiger partial charge in [-0.3, -0.25) is 22.8 Å². The number of aliphatic hydroxyl groups is 10. The molecule has 720 valence electrons. The number of rotatable bonds is 30. The molecule has 5 fully saturated rings. The fourth-order valence-electron chi connectivity index (χ4n) is 15.5. The third-order valence-corrected chi connectivity index (χ3v) is 34.0. The minimum Gasteiger partial charge on any atom is -0.397 e. The van der Waals surface area contributed by atoms with Crippen molar-refractivity contribution in [1.29, 1.82) is 0 Å². The number of anilines is 5. The quantitative estimate of drug-likeness (QED) is 0.00861. The summed E-state index contributed by atoms with van der Waals surface area (Å²) in [4.78, 5) is 43.2. The molecular formula is C85H135N20O15P5S5. The van der Waals surface area contributed by atoms with Gasteiger partial charge < -0.3 is 108 Å². The molecule has 0 aliphatic carbocycles. The number of aromatic amines is 1. The first-order valence-electron chi connectivity index (χ1n) is 43.3. The monoisotopic (exact) mass is 1990 g/mol. The molecule has 0 aromatic carbocycles. The van der Waals surface area contributed by atoms with Gasteiger partial charge in [-0.05, 0) is 197 Å². The number of nitrogens with zero attached hydrogens (tertiary/aromatic N) is 14. The van der Waals surface area contributed by atoms with E-state index in [0.29, 0.717) is 142 Å². The number of ether oxygens (including phenoxy) is 5. The van der Waals surface area contributed by atoms with Gasteiger partial charge in [0, 0.05) is 42.5 Å². The van der Waals surface area contributed by atoms with Crippen LogP contribution in [-0.2, 0) is 23.7 Å². The Morgan fingerprint density at radius 1 is 0.362 bits per heavy atom. The highest BCUT2D eigenvalue weighted by molar-refractivity contribution is 7.99. The van der Waals surface area contributed by atoms with Crippen LogP contribution in [0.5, 0.6) is 0 Å². The van der Waals surface area contributed by atoms with Crippen molar-refractivity contribution in [1.82, 2.24) is 72.7 Å². The summed E-state index contributed by atoms with van der Waals surface area (Å²) in [6.45, 7) is 21.5. The Kier molecular flexibility index (Phi) is 35.9. The van der Waals surface area contributed by atoms with Gasteiger partial charge in [-0.25, -0.2) is 44.9 Å². The standard InChI is InChI=1S/C19H31N4O3PS.C18H29N4O3PS.C17H27N4O3PS.C16H25N4O3PS.C15H23N4O3PS/c1-5-6-11-28-19-22-14-12(20)7-9-21-17(14)23(19)18-16(25)15(24)13(26-18)8-10-27(2,3)4;1-5-10-27-18-21-13-11(19)6-8-20-16(13)22(18)17-15(24)14(23)12(25-17)7-9-26(2,3)4;1-5-26-17-20-12-10(18)6-8-19-15(12)21(17)16-14(23)13(22)11(24-16)7-9-25(2,3)4;1-24(2,3)8-6-10-12(21)13(22)15(23-10)20-14-11(19-16(20)25-4)9(17)5-7-18-14;1-23(2,3)7-5-9-11(20)12(21)14(22-9)19-13-10(18-15(19)24)8(16)4-6-17-13/h7,9,13,15-16,18,24-25H,2,5-6,8,10-11H2,1,3-4H3,(H2,20,21);6,8,12,14-15,17,23-24H,2,5,7,9-10H2,1,3-4H3,(H2,19,20);6,8,11,13-14,16,22-23H,2,5,7,9H2,1,3-4H3,(H2,18,19);5,7,10,12-13,15,21-22H,1,6,8H2,2-4H3,(H2,17,18);4,6,9,11-12,14,20-21H,1,5,7H2,2-3H3,(H2,16,17)(H,18,24)/t13-,15-,16-,18?;12-,14-,15-,17?;11-,13-,14-,16?;10-,12-,13-,15?;9-,11-,12-,14?/m11111/s1. The molecule has 21 N–H and O–H groups in total. The maximum absolute atomic E-state index is 10.8. The summed E-state index contributed by atoms with van der Waals surface area (Å²) in [7, 11) is 0. The van der Waals surface area contributed by atoms with Crippen LogP contribution < -0.4 is 28.7 Å². The van der Waals surface area contributed by atoms with Crippen molar-refractivity contribution in [2.24, 2.45) is 0 Å². The lowest BCUT2D eigenvalue weighted by Crippen LogP contribution is -2.32. The van der Waals surface area contributed by atoms with E-state index in [4.69, 9.17) is 64.6 Å². The SMILES string of the molecule is C=P(C)(C)CC[C@H]1OC(n2c(=S)[nH]c3c(N)ccnc32)[C@H](O)[C@@H]1O.C=P(C)(C)CC[C@H]1OC(n2c(SC)nc3c(N)ccnc32)[C@H](O)[C@@H]1O.C=P(C)(C)CC[C@H]1OC(n2c(SCC)nc3c(N)ccnc32)[C@H](O)[C@@H]1O.C=P(C)(C)CC[C@H]1OC(n2c(SCCC)nc3c(N)ccnc32)[C@H](O)[C@@H]1O.C=P(C)(C)CC[C@H]1OC(n2c(SCCCC)nc3c(N)ccnc32)[C@H](O)[C@@H]1O. The molecule has 5 aliphatic rings. The highest BCUT2D eigenvalue weighted by Crippen LogP contribution is 2.49. The fraction of sp³-hybridized carbons (Fsp3) is 0.588. The van der Waals surface area contributed by atoms with Crippen LogP contribution in [0.4, 0.5) is 28.4 Å². The van der Waals surface area contributed by atoms with Crippen molar-refractivity contribution in [3.63, 3.8) is 0 Å². The molecule has 5 aliphatic heterocycles. The van der Waals surface area contributed by atoms with Crippen LogP contribution in [0.3, 0.4) is 0 Å². The summed E-state index contributed by atoms with van der Waals surface area (Å²) in [5.74, 6) is 2.57. The Balaban J connectivity index is 0.000000157. The van der Waals surface area contributed by atoms with Crippen molar-refractivity contribution in [2.75, 3.05) is 150 Å². The van der Waals surface area contributed by atoms with Gasteiger partial charge >= 0.3 is 0 Å². The van der Waals surface area contributed by atoms with E-state index in [9.17, 15) is 51.1 Å². The van der Waals surface area contributed by atoms with Gasteiger partial charge in [0.05, 0.1) is 59.0 Å². The lowest BCUT2D eigenvalue weighted by molar-refractivity contribution is -0.0400. The number of nitrogen functional groups attached to an aromatic ring is 5. The Bertz CT molecular complexity index is 5860. The molecular weight excluding hydrogens is 1860 g/mol. The van der Waals surface area contributed by atoms with Crippen molar-refractivity contribution in [3.8, 4) is 0 Å². The first kappa shape index (κ1) is 105. The number of thioether (sulfide) groups is 4. The Morgan fingerprint density at radius 2 is 0.615 bits per heavy atom. The number of pyridine rings is 5. The predicted octanol–water partition coefficient (Wildman–Crippen LogP) is 9.55. The second kappa shape index (κ2) is 44.4. The normalized spacial score (nSPS) is 26.6. The van der Waals surface area contributed by atoms with E-state index in [1.807, 2.05) is 13.2 Å². The largest absolute Gasteiger partial charge is 0.397 e. The van der Waals surface area contributed by atoms with E-state index in [0.717, 1.165) is 67.3 Å². The smallest absolute Gasteiger partial charge is 0.181 e. The molecule has 15 heterocycles. The first-order chi connectivity index (χ1) is 61.1. The molecule has 35 nitrogen and oxygen atoms in total. The molecule has 10 aromatic heterocycles. The Hall–Kier alpha value is -5.38. The number of unbranched alkanes of at least 4 members (excludes halogenated alkanes) is 1. The van der Waals surface area contributed by atoms with Crippen LogP contribution >= 0.6 is 93.7 Å². The molecule has 45 heteroatoms. The maximum Gasteiger partial charge on any atom is 0.181 e. The molecule has 10 aromatic rings. The van der Waals surface area contributed by atoms with Crippen LogP contribution in [0.15, 0.2) is 81.9 Å². The van der Waals surface area contributed by atoms with Crippen molar-refractivity contribution >= 4 is 209 Å². The Morgan fingerprint density at radius 3 is 0.885 bits per heavy atom. The van der Waals surface area contributed by atoms with Gasteiger partial charge in [0.25, 0.3) is 0 Å². The van der Waals surface area contributed by atoms with Crippen molar-refractivity contribution in [3.05, 3.63) is 66.1 Å². The molecule has 130 heavy (non-hydrogen) atoms. The van der Waals surface area contributed by atoms with Crippen LogP contribution in [-0.4, -0.2) is 368 Å². The summed E-state index contributed by atoms with van der Waals surface area (Å²) >= 11 is 11.4. The van der Waals surface area contributed by atoms with Crippen molar-refractivity contribution in [2.45, 2.75) is 215 Å². The van der Waals surface area contributed by atoms with Gasteiger partial charge in [0.2, 0.25) is 0 Å². The number of nitrogens with one attached hydrogen (secondary N) is 1. The highest BCUT2D eigenvalue weighted by atomic mass is 32.2. The number of imidazole rings is 5. The minimum atomic E-state index is -1.24. The maximum atomic E-state index is 10.8. The summed E-state index contributed by atoms with van der Waals surface area (Å²) in [5, 5.41) is 108. The molecule has 5 saturated heterocycles. The molecule has 20 atom stereocenters. The van der Waals surface area contributed by atoms with E-state index < -0.39 is 157 Å². The second-order valence-electron chi connectivity index (χ2n) is 36.9. The summed E-state index contributed by atoms with van der Waals surface area (Å²) in [5.41, 5.74) is 38.5. The van der Waals surface area contributed by atoms with Gasteiger partial charge in [0.15, 0.2) is 84.8 Å². The van der Waals surface area contributed by atoms with Gasteiger partial charge in [-0.2, -0.15) is 0 Å². The predicted molar refractivity (Wildman–Crippen MR) is 548 cm³/mol. The molecule has 15 rings (SSSR count). The van der Waals surface area contributed by atoms with Crippen molar-refractivity contribution < 1.29 is 74.7 Å². The zero-order valence-corrected chi connectivity index (χ0v) is 85.2. The average Bonchev–Trinajstić information content (AvgIpc) is 1.62. The fourth-order valence-corrected chi connectivity index (χ4v) is 23.9. The number of aliphatic hydroxyl groups excluding tert-OH is 10. The van der Waals surface area contributed by atoms with E-state index in [2.05, 4.69) is 162 Å². The molecule has 0 saturated carbocycles. The topological polar surface area (TPSA) is 535 Å². The number of H-pyrrole nitrogens is 1. The van der Waals surface area contributed by atoms with E-state index in [-0.39, 0.29) is 0 Å². The molecule has 0 bridgehead atoms. The highest BCUT2D eigenvalue weighted by Gasteiger charge is 2.50. The molecule has 0 spiro atoms. The molecule has 0 radical (unpaired) electrons.